The lowest BCUT2D eigenvalue weighted by molar-refractivity contribution is -0.120. The summed E-state index contributed by atoms with van der Waals surface area (Å²) in [6, 6.07) is 0. The van der Waals surface area contributed by atoms with Crippen LogP contribution >= 0.6 is 34.5 Å². The molecule has 1 saturated carbocycles. The molecule has 0 spiro atoms. The van der Waals surface area contributed by atoms with E-state index in [-0.39, 0.29) is 5.91 Å². The molecule has 0 aliphatic heterocycles. The Labute approximate surface area is 107 Å². The maximum absolute atomic E-state index is 11.9. The monoisotopic (exact) mass is 279 g/mol. The Kier molecular flexibility index (Phi) is 2.88. The van der Waals surface area contributed by atoms with Gasteiger partial charge in [-0.3, -0.25) is 10.1 Å². The van der Waals surface area contributed by atoms with Gasteiger partial charge in [-0.15, -0.1) is 33.4 Å². The minimum atomic E-state index is -0.949. The third-order valence-corrected chi connectivity index (χ3v) is 4.83. The van der Waals surface area contributed by atoms with Crippen molar-refractivity contribution in [2.45, 2.75) is 31.0 Å². The van der Waals surface area contributed by atoms with E-state index in [0.717, 1.165) is 11.4 Å². The first-order chi connectivity index (χ1) is 7.39. The zero-order valence-electron chi connectivity index (χ0n) is 8.88. The molecule has 1 aromatic rings. The number of nitrogens with zero attached hydrogens (tertiary/aromatic N) is 2. The first-order valence-corrected chi connectivity index (χ1v) is 6.48. The topological polar surface area (TPSA) is 54.9 Å². The van der Waals surface area contributed by atoms with Crippen LogP contribution in [-0.2, 0) is 11.2 Å². The molecule has 88 valence electrons. The molecule has 1 N–H and O–H groups in total. The first-order valence-electron chi connectivity index (χ1n) is 4.91. The Morgan fingerprint density at radius 2 is 2.19 bits per heavy atom. The van der Waals surface area contributed by atoms with E-state index in [2.05, 4.69) is 15.5 Å². The quantitative estimate of drug-likeness (QED) is 0.866. The number of aryl methyl sites for hydroxylation is 1. The second-order valence-corrected chi connectivity index (χ2v) is 6.57. The van der Waals surface area contributed by atoms with Gasteiger partial charge < -0.3 is 0 Å². The van der Waals surface area contributed by atoms with E-state index in [1.54, 1.807) is 6.92 Å². The largest absolute Gasteiger partial charge is 0.300 e. The lowest BCUT2D eigenvalue weighted by Gasteiger charge is -2.09. The second kappa shape index (κ2) is 3.82. The van der Waals surface area contributed by atoms with Gasteiger partial charge in [0, 0.05) is 0 Å². The number of amides is 1. The van der Waals surface area contributed by atoms with Gasteiger partial charge in [0.1, 0.15) is 9.34 Å². The van der Waals surface area contributed by atoms with Crippen LogP contribution in [0, 0.1) is 5.41 Å². The molecule has 0 unspecified atom stereocenters. The average molecular weight is 280 g/mol. The molecule has 1 atom stereocenters. The number of carbonyl (C=O) groups is 1. The summed E-state index contributed by atoms with van der Waals surface area (Å²) in [6.45, 7) is 3.72. The van der Waals surface area contributed by atoms with Crippen LogP contribution in [0.4, 0.5) is 5.13 Å². The van der Waals surface area contributed by atoms with Crippen molar-refractivity contribution in [3.8, 4) is 0 Å². The Bertz CT molecular complexity index is 434. The van der Waals surface area contributed by atoms with E-state index in [1.165, 1.54) is 11.3 Å². The fourth-order valence-electron chi connectivity index (χ4n) is 1.33. The van der Waals surface area contributed by atoms with Gasteiger partial charge in [-0.2, -0.15) is 0 Å². The molecule has 1 aliphatic rings. The molecule has 1 fully saturated rings. The normalized spacial score (nSPS) is 26.5. The predicted octanol–water partition coefficient (Wildman–Crippen LogP) is 2.62. The van der Waals surface area contributed by atoms with E-state index in [4.69, 9.17) is 23.2 Å². The van der Waals surface area contributed by atoms with Crippen molar-refractivity contribution in [1.29, 1.82) is 0 Å². The summed E-state index contributed by atoms with van der Waals surface area (Å²) in [6.07, 6.45) is 1.27. The predicted molar refractivity (Wildman–Crippen MR) is 65.1 cm³/mol. The molecular formula is C9H11Cl2N3OS. The molecule has 16 heavy (non-hydrogen) atoms. The lowest BCUT2D eigenvalue weighted by atomic mass is 10.1. The molecule has 2 rings (SSSR count). The summed E-state index contributed by atoms with van der Waals surface area (Å²) in [5.41, 5.74) is -0.714. The Hall–Kier alpha value is -0.390. The molecule has 0 saturated heterocycles. The van der Waals surface area contributed by atoms with E-state index >= 15 is 0 Å². The Morgan fingerprint density at radius 1 is 1.56 bits per heavy atom. The SMILES string of the molecule is CCc1nnc(NC(=O)[C@]2(C)CC2(Cl)Cl)s1. The Morgan fingerprint density at radius 3 is 2.62 bits per heavy atom. The second-order valence-electron chi connectivity index (χ2n) is 4.02. The highest BCUT2D eigenvalue weighted by molar-refractivity contribution is 7.15. The van der Waals surface area contributed by atoms with Gasteiger partial charge in [-0.25, -0.2) is 0 Å². The number of nitrogens with one attached hydrogen (secondary N) is 1. The number of alkyl halides is 2. The van der Waals surface area contributed by atoms with E-state index in [9.17, 15) is 4.79 Å². The maximum Gasteiger partial charge on any atom is 0.235 e. The Balaban J connectivity index is 2.04. The van der Waals surface area contributed by atoms with Crippen molar-refractivity contribution in [2.75, 3.05) is 5.32 Å². The number of aromatic nitrogens is 2. The van der Waals surface area contributed by atoms with Gasteiger partial charge in [-0.05, 0) is 19.8 Å². The smallest absolute Gasteiger partial charge is 0.235 e. The minimum absolute atomic E-state index is 0.198. The number of halogens is 2. The minimum Gasteiger partial charge on any atom is -0.300 e. The van der Waals surface area contributed by atoms with Crippen molar-refractivity contribution in [3.63, 3.8) is 0 Å². The molecule has 1 amide bonds. The first kappa shape index (κ1) is 12.1. The van der Waals surface area contributed by atoms with Gasteiger partial charge in [0.2, 0.25) is 11.0 Å². The molecular weight excluding hydrogens is 269 g/mol. The summed E-state index contributed by atoms with van der Waals surface area (Å²) in [4.78, 5) is 11.9. The lowest BCUT2D eigenvalue weighted by Crippen LogP contribution is -2.25. The summed E-state index contributed by atoms with van der Waals surface area (Å²) in [5.74, 6) is -0.198. The molecule has 0 bridgehead atoms. The van der Waals surface area contributed by atoms with Crippen molar-refractivity contribution < 1.29 is 4.79 Å². The molecule has 7 heteroatoms. The van der Waals surface area contributed by atoms with Crippen LogP contribution in [0.3, 0.4) is 0 Å². The molecule has 0 aromatic carbocycles. The van der Waals surface area contributed by atoms with Crippen molar-refractivity contribution in [3.05, 3.63) is 5.01 Å². The van der Waals surface area contributed by atoms with Gasteiger partial charge in [-0.1, -0.05) is 18.3 Å². The zero-order chi connectivity index (χ0) is 12.0. The van der Waals surface area contributed by atoms with Gasteiger partial charge in [0.25, 0.3) is 0 Å². The highest BCUT2D eigenvalue weighted by Crippen LogP contribution is 2.64. The summed E-state index contributed by atoms with van der Waals surface area (Å²) in [7, 11) is 0. The fourth-order valence-corrected chi connectivity index (χ4v) is 2.71. The average Bonchev–Trinajstić information content (AvgIpc) is 2.62. The van der Waals surface area contributed by atoms with Gasteiger partial charge in [0.05, 0.1) is 5.41 Å². The standard InChI is InChI=1S/C9H11Cl2N3OS/c1-3-5-13-14-7(16-5)12-6(15)8(2)4-9(8,10)11/h3-4H2,1-2H3,(H,12,14,15)/t8-/m0/s1. The maximum atomic E-state index is 11.9. The van der Waals surface area contributed by atoms with E-state index in [0.29, 0.717) is 11.6 Å². The number of rotatable bonds is 3. The summed E-state index contributed by atoms with van der Waals surface area (Å²) in [5, 5.41) is 11.9. The third-order valence-electron chi connectivity index (χ3n) is 2.75. The van der Waals surface area contributed by atoms with Crippen molar-refractivity contribution in [2.24, 2.45) is 5.41 Å². The molecule has 1 heterocycles. The molecule has 0 radical (unpaired) electrons. The van der Waals surface area contributed by atoms with Crippen LogP contribution in [0.2, 0.25) is 0 Å². The van der Waals surface area contributed by atoms with Crippen LogP contribution < -0.4 is 5.32 Å². The number of hydrogen-bond acceptors (Lipinski definition) is 4. The number of carbonyl (C=O) groups excluding carboxylic acids is 1. The van der Waals surface area contributed by atoms with Crippen LogP contribution in [0.15, 0.2) is 0 Å². The van der Waals surface area contributed by atoms with Gasteiger partial charge in [0.15, 0.2) is 0 Å². The highest BCUT2D eigenvalue weighted by Gasteiger charge is 2.68. The van der Waals surface area contributed by atoms with Gasteiger partial charge >= 0.3 is 0 Å². The number of anilines is 1. The van der Waals surface area contributed by atoms with Crippen LogP contribution in [-0.4, -0.2) is 20.4 Å². The molecule has 1 aliphatic carbocycles. The van der Waals surface area contributed by atoms with Crippen molar-refractivity contribution >= 4 is 45.6 Å². The van der Waals surface area contributed by atoms with E-state index in [1.807, 2.05) is 6.92 Å². The van der Waals surface area contributed by atoms with E-state index < -0.39 is 9.75 Å². The van der Waals surface area contributed by atoms with Crippen LogP contribution in [0.25, 0.3) is 0 Å². The highest BCUT2D eigenvalue weighted by atomic mass is 35.5. The molecule has 4 nitrogen and oxygen atoms in total. The summed E-state index contributed by atoms with van der Waals surface area (Å²) >= 11 is 13.2. The van der Waals surface area contributed by atoms with Crippen LogP contribution in [0.5, 0.6) is 0 Å². The van der Waals surface area contributed by atoms with Crippen LogP contribution in [0.1, 0.15) is 25.3 Å². The van der Waals surface area contributed by atoms with Crippen molar-refractivity contribution in [1.82, 2.24) is 10.2 Å². The third kappa shape index (κ3) is 1.92. The number of hydrogen-bond donors (Lipinski definition) is 1. The summed E-state index contributed by atoms with van der Waals surface area (Å²) < 4.78 is -0.949. The molecule has 1 aromatic heterocycles. The zero-order valence-corrected chi connectivity index (χ0v) is 11.2. The fraction of sp³-hybridized carbons (Fsp3) is 0.667.